The largest absolute Gasteiger partial charge is 0.341 e. The maximum absolute atomic E-state index is 12.9. The molecule has 0 bridgehead atoms. The summed E-state index contributed by atoms with van der Waals surface area (Å²) in [7, 11) is -3.91. The summed E-state index contributed by atoms with van der Waals surface area (Å²) in [6, 6.07) is 11.0. The van der Waals surface area contributed by atoms with Crippen LogP contribution < -0.4 is 10.0 Å². The first kappa shape index (κ1) is 22.0. The Labute approximate surface area is 190 Å². The van der Waals surface area contributed by atoms with Crippen LogP contribution in [0, 0.1) is 0 Å². The number of sulfonamides is 1. The van der Waals surface area contributed by atoms with Crippen LogP contribution >= 0.6 is 23.4 Å². The van der Waals surface area contributed by atoms with Crippen LogP contribution in [0.4, 0.5) is 11.4 Å². The minimum Gasteiger partial charge on any atom is -0.341 e. The minimum absolute atomic E-state index is 0.00985. The topological polar surface area (TPSA) is 95.6 Å². The number of para-hydroxylation sites is 1. The van der Waals surface area contributed by atoms with E-state index in [4.69, 9.17) is 11.6 Å². The van der Waals surface area contributed by atoms with E-state index in [2.05, 4.69) is 10.0 Å². The SMILES string of the molecule is O=C1Nc2cc(S(=O)(=O)Nc3ccccc3Cl)ccc2S[C@H]1C(=O)N1CCCCCC1. The van der Waals surface area contributed by atoms with E-state index in [0.717, 1.165) is 37.4 Å². The molecule has 0 spiro atoms. The van der Waals surface area contributed by atoms with Crippen molar-refractivity contribution < 1.29 is 18.0 Å². The van der Waals surface area contributed by atoms with E-state index in [1.165, 1.54) is 12.1 Å². The molecule has 4 rings (SSSR count). The summed E-state index contributed by atoms with van der Waals surface area (Å²) in [6.45, 7) is 1.34. The fourth-order valence-electron chi connectivity index (χ4n) is 3.62. The van der Waals surface area contributed by atoms with Crippen LogP contribution in [0.5, 0.6) is 0 Å². The quantitative estimate of drug-likeness (QED) is 0.647. The van der Waals surface area contributed by atoms with Crippen molar-refractivity contribution in [2.24, 2.45) is 0 Å². The van der Waals surface area contributed by atoms with Crippen molar-refractivity contribution >= 4 is 56.6 Å². The zero-order valence-corrected chi connectivity index (χ0v) is 19.0. The molecule has 1 saturated heterocycles. The number of hydrogen-bond donors (Lipinski definition) is 2. The van der Waals surface area contributed by atoms with Crippen LogP contribution in [0.25, 0.3) is 0 Å². The Bertz CT molecular complexity index is 1120. The van der Waals surface area contributed by atoms with Crippen LogP contribution in [0.1, 0.15) is 25.7 Å². The molecular weight excluding hydrogens is 458 g/mol. The van der Waals surface area contributed by atoms with E-state index in [1.807, 2.05) is 0 Å². The molecule has 2 aliphatic rings. The number of hydrogen-bond acceptors (Lipinski definition) is 5. The van der Waals surface area contributed by atoms with E-state index < -0.39 is 21.2 Å². The van der Waals surface area contributed by atoms with Crippen LogP contribution in [0.3, 0.4) is 0 Å². The lowest BCUT2D eigenvalue weighted by molar-refractivity contribution is -0.133. The predicted octanol–water partition coefficient (Wildman–Crippen LogP) is 3.96. The van der Waals surface area contributed by atoms with Crippen LogP contribution in [0.15, 0.2) is 52.3 Å². The Balaban J connectivity index is 1.54. The highest BCUT2D eigenvalue weighted by atomic mass is 35.5. The number of benzene rings is 2. The standard InChI is InChI=1S/C21H22ClN3O4S2/c22-15-7-3-4-8-16(15)24-31(28,29)14-9-10-18-17(13-14)23-20(26)19(30-18)21(27)25-11-5-1-2-6-12-25/h3-4,7-10,13,19,24H,1-2,5-6,11-12H2,(H,23,26)/t19-/m1/s1. The van der Waals surface area contributed by atoms with Gasteiger partial charge in [0.05, 0.1) is 21.3 Å². The second-order valence-electron chi connectivity index (χ2n) is 7.47. The van der Waals surface area contributed by atoms with Crippen molar-refractivity contribution in [3.8, 4) is 0 Å². The van der Waals surface area contributed by atoms with E-state index >= 15 is 0 Å². The molecule has 2 amide bonds. The summed E-state index contributed by atoms with van der Waals surface area (Å²) >= 11 is 7.21. The first-order chi connectivity index (χ1) is 14.8. The lowest BCUT2D eigenvalue weighted by Crippen LogP contribution is -2.45. The first-order valence-corrected chi connectivity index (χ1v) is 12.8. The number of nitrogens with zero attached hydrogens (tertiary/aromatic N) is 1. The number of nitrogens with one attached hydrogen (secondary N) is 2. The highest BCUT2D eigenvalue weighted by Gasteiger charge is 2.36. The Morgan fingerprint density at radius 3 is 2.52 bits per heavy atom. The molecule has 2 N–H and O–H groups in total. The van der Waals surface area contributed by atoms with Crippen LogP contribution in [0.2, 0.25) is 5.02 Å². The highest BCUT2D eigenvalue weighted by Crippen LogP contribution is 2.38. The molecule has 0 aliphatic carbocycles. The van der Waals surface area contributed by atoms with Gasteiger partial charge < -0.3 is 10.2 Å². The van der Waals surface area contributed by atoms with Crippen LogP contribution in [-0.4, -0.2) is 43.5 Å². The average molecular weight is 480 g/mol. The molecule has 7 nitrogen and oxygen atoms in total. The van der Waals surface area contributed by atoms with Crippen molar-refractivity contribution in [2.45, 2.75) is 40.7 Å². The number of thioether (sulfide) groups is 1. The van der Waals surface area contributed by atoms with Gasteiger partial charge in [0.2, 0.25) is 11.8 Å². The number of halogens is 1. The third-order valence-corrected chi connectivity index (χ3v) is 8.22. The van der Waals surface area contributed by atoms with Gasteiger partial charge >= 0.3 is 0 Å². The van der Waals surface area contributed by atoms with Gasteiger partial charge in [0.1, 0.15) is 0 Å². The van der Waals surface area contributed by atoms with Gasteiger partial charge in [-0.2, -0.15) is 0 Å². The molecule has 31 heavy (non-hydrogen) atoms. The Morgan fingerprint density at radius 1 is 1.10 bits per heavy atom. The first-order valence-electron chi connectivity index (χ1n) is 10.0. The molecular formula is C21H22ClN3O4S2. The Morgan fingerprint density at radius 2 is 1.81 bits per heavy atom. The number of fused-ring (bicyclic) bond motifs is 1. The molecule has 164 valence electrons. The molecule has 2 heterocycles. The number of likely N-dealkylation sites (tertiary alicyclic amines) is 1. The highest BCUT2D eigenvalue weighted by molar-refractivity contribution is 8.01. The van der Waals surface area contributed by atoms with Gasteiger partial charge in [-0.15, -0.1) is 11.8 Å². The number of rotatable bonds is 4. The van der Waals surface area contributed by atoms with Gasteiger partial charge in [-0.1, -0.05) is 36.6 Å². The summed E-state index contributed by atoms with van der Waals surface area (Å²) < 4.78 is 28.0. The number of carbonyl (C=O) groups is 2. The Kier molecular flexibility index (Phi) is 6.45. The second kappa shape index (κ2) is 9.10. The zero-order valence-electron chi connectivity index (χ0n) is 16.6. The molecule has 2 aromatic carbocycles. The molecule has 0 radical (unpaired) electrons. The van der Waals surface area contributed by atoms with Gasteiger partial charge in [-0.25, -0.2) is 8.42 Å². The number of carbonyl (C=O) groups excluding carboxylic acids is 2. The fourth-order valence-corrected chi connectivity index (χ4v) is 6.02. The van der Waals surface area contributed by atoms with Crippen molar-refractivity contribution in [3.05, 3.63) is 47.5 Å². The predicted molar refractivity (Wildman–Crippen MR) is 122 cm³/mol. The molecule has 1 fully saturated rings. The van der Waals surface area contributed by atoms with Gasteiger partial charge in [-0.05, 0) is 43.2 Å². The number of amides is 2. The van der Waals surface area contributed by atoms with Gasteiger partial charge in [0.25, 0.3) is 10.0 Å². The van der Waals surface area contributed by atoms with Crippen molar-refractivity contribution in [2.75, 3.05) is 23.1 Å². The third kappa shape index (κ3) is 4.83. The normalized spacial score (nSPS) is 19.2. The van der Waals surface area contributed by atoms with E-state index in [0.29, 0.717) is 23.7 Å². The summed E-state index contributed by atoms with van der Waals surface area (Å²) in [5, 5.41) is 2.12. The summed E-state index contributed by atoms with van der Waals surface area (Å²) in [4.78, 5) is 28.0. The van der Waals surface area contributed by atoms with Gasteiger partial charge in [0, 0.05) is 18.0 Å². The summed E-state index contributed by atoms with van der Waals surface area (Å²) in [5.74, 6) is -0.618. The Hall–Kier alpha value is -2.23. The molecule has 10 heteroatoms. The lowest BCUT2D eigenvalue weighted by atomic mass is 10.2. The molecule has 0 saturated carbocycles. The third-order valence-electron chi connectivity index (χ3n) is 5.26. The van der Waals surface area contributed by atoms with Gasteiger partial charge in [0.15, 0.2) is 5.25 Å². The average Bonchev–Trinajstić information content (AvgIpc) is 3.03. The minimum atomic E-state index is -3.91. The van der Waals surface area contributed by atoms with Crippen molar-refractivity contribution in [1.82, 2.24) is 4.90 Å². The lowest BCUT2D eigenvalue weighted by Gasteiger charge is -2.28. The van der Waals surface area contributed by atoms with Crippen molar-refractivity contribution in [1.29, 1.82) is 0 Å². The fraction of sp³-hybridized carbons (Fsp3) is 0.333. The van der Waals surface area contributed by atoms with E-state index in [9.17, 15) is 18.0 Å². The van der Waals surface area contributed by atoms with Crippen LogP contribution in [-0.2, 0) is 19.6 Å². The summed E-state index contributed by atoms with van der Waals surface area (Å²) in [5.41, 5.74) is 0.639. The van der Waals surface area contributed by atoms with Crippen molar-refractivity contribution in [3.63, 3.8) is 0 Å². The molecule has 2 aromatic rings. The molecule has 2 aliphatic heterocycles. The van der Waals surface area contributed by atoms with Gasteiger partial charge in [-0.3, -0.25) is 14.3 Å². The zero-order chi connectivity index (χ0) is 22.0. The molecule has 0 unspecified atom stereocenters. The van der Waals surface area contributed by atoms with E-state index in [1.54, 1.807) is 35.2 Å². The van der Waals surface area contributed by atoms with E-state index in [-0.39, 0.29) is 21.5 Å². The molecule has 0 aromatic heterocycles. The summed E-state index contributed by atoms with van der Waals surface area (Å²) in [6.07, 6.45) is 4.08. The number of anilines is 2. The smallest absolute Gasteiger partial charge is 0.262 e. The maximum atomic E-state index is 12.9. The second-order valence-corrected chi connectivity index (χ2v) is 10.7. The molecule has 1 atom stereocenters. The monoisotopic (exact) mass is 479 g/mol. The maximum Gasteiger partial charge on any atom is 0.262 e.